The number of carbonyl (C=O) groups excluding carboxylic acids is 1. The van der Waals surface area contributed by atoms with Crippen molar-refractivity contribution in [3.8, 4) is 0 Å². The second kappa shape index (κ2) is 10.5. The third kappa shape index (κ3) is 7.13. The molecule has 1 rings (SSSR count). The number of carbonyl (C=O) groups is 1. The van der Waals surface area contributed by atoms with Crippen LogP contribution in [0.15, 0.2) is 22.7 Å². The number of nitrogens with one attached hydrogen (secondary N) is 2. The zero-order valence-electron chi connectivity index (χ0n) is 10.5. The van der Waals surface area contributed by atoms with Gasteiger partial charge in [0.15, 0.2) is 0 Å². The number of rotatable bonds is 7. The highest BCUT2D eigenvalue weighted by Crippen LogP contribution is 2.20. The van der Waals surface area contributed by atoms with Gasteiger partial charge in [0.25, 0.3) is 5.91 Å². The van der Waals surface area contributed by atoms with E-state index in [1.165, 1.54) is 0 Å². The lowest BCUT2D eigenvalue weighted by atomic mass is 10.2. The minimum atomic E-state index is -0.171. The lowest BCUT2D eigenvalue weighted by Gasteiger charge is -2.08. The number of hydrogen-bond acceptors (Lipinski definition) is 3. The van der Waals surface area contributed by atoms with Crippen molar-refractivity contribution < 1.29 is 9.53 Å². The number of methoxy groups -OCH3 is 1. The van der Waals surface area contributed by atoms with Gasteiger partial charge in [-0.05, 0) is 18.2 Å². The van der Waals surface area contributed by atoms with Gasteiger partial charge in [-0.2, -0.15) is 0 Å². The minimum Gasteiger partial charge on any atom is -0.383 e. The smallest absolute Gasteiger partial charge is 0.252 e. The van der Waals surface area contributed by atoms with E-state index in [2.05, 4.69) is 26.6 Å². The van der Waals surface area contributed by atoms with E-state index in [4.69, 9.17) is 16.3 Å². The molecule has 0 aromatic heterocycles. The van der Waals surface area contributed by atoms with Crippen molar-refractivity contribution in [3.63, 3.8) is 0 Å². The molecule has 0 aliphatic carbocycles. The molecule has 1 aromatic rings. The molecule has 1 amide bonds. The Hall–Kier alpha value is -0.330. The predicted molar refractivity (Wildman–Crippen MR) is 83.5 cm³/mol. The van der Waals surface area contributed by atoms with Gasteiger partial charge in [0.2, 0.25) is 0 Å². The summed E-state index contributed by atoms with van der Waals surface area (Å²) in [4.78, 5) is 11.8. The van der Waals surface area contributed by atoms with E-state index in [0.29, 0.717) is 30.3 Å². The van der Waals surface area contributed by atoms with Gasteiger partial charge in [-0.15, -0.1) is 12.4 Å². The van der Waals surface area contributed by atoms with E-state index in [1.807, 2.05) is 0 Å². The maximum Gasteiger partial charge on any atom is 0.252 e. The van der Waals surface area contributed by atoms with Crippen molar-refractivity contribution in [2.75, 3.05) is 33.4 Å². The van der Waals surface area contributed by atoms with Gasteiger partial charge in [-0.1, -0.05) is 27.5 Å². The average Bonchev–Trinajstić information content (AvgIpc) is 2.36. The van der Waals surface area contributed by atoms with Gasteiger partial charge < -0.3 is 15.4 Å². The fourth-order valence-corrected chi connectivity index (χ4v) is 1.89. The molecule has 0 radical (unpaired) electrons. The first-order chi connectivity index (χ1) is 8.65. The van der Waals surface area contributed by atoms with E-state index in [0.717, 1.165) is 11.0 Å². The Morgan fingerprint density at radius 2 is 2.11 bits per heavy atom. The highest BCUT2D eigenvalue weighted by molar-refractivity contribution is 9.10. The van der Waals surface area contributed by atoms with Gasteiger partial charge in [0.05, 0.1) is 17.2 Å². The topological polar surface area (TPSA) is 50.4 Å². The normalized spacial score (nSPS) is 9.84. The molecule has 0 spiro atoms. The number of ether oxygens (including phenoxy) is 1. The molecule has 1 aromatic carbocycles. The highest BCUT2D eigenvalue weighted by Gasteiger charge is 2.09. The van der Waals surface area contributed by atoms with E-state index in [-0.39, 0.29) is 18.3 Å². The molecule has 0 saturated carbocycles. The maximum atomic E-state index is 11.8. The van der Waals surface area contributed by atoms with Crippen molar-refractivity contribution in [2.45, 2.75) is 0 Å². The molecule has 0 unspecified atom stereocenters. The van der Waals surface area contributed by atoms with Crippen LogP contribution in [-0.4, -0.2) is 39.3 Å². The molecule has 0 atom stereocenters. The summed E-state index contributed by atoms with van der Waals surface area (Å²) in [5, 5.41) is 6.38. The monoisotopic (exact) mass is 370 g/mol. The van der Waals surface area contributed by atoms with Crippen LogP contribution in [0.5, 0.6) is 0 Å². The van der Waals surface area contributed by atoms with Gasteiger partial charge in [-0.3, -0.25) is 4.79 Å². The fraction of sp³-hybridized carbons (Fsp3) is 0.417. The molecule has 2 N–H and O–H groups in total. The first kappa shape index (κ1) is 18.7. The number of hydrogen-bond donors (Lipinski definition) is 2. The van der Waals surface area contributed by atoms with Gasteiger partial charge in [-0.25, -0.2) is 0 Å². The average molecular weight is 372 g/mol. The summed E-state index contributed by atoms with van der Waals surface area (Å²) in [6.07, 6.45) is 0. The highest BCUT2D eigenvalue weighted by atomic mass is 79.9. The van der Waals surface area contributed by atoms with E-state index >= 15 is 0 Å². The Labute approximate surface area is 132 Å². The Morgan fingerprint density at radius 1 is 1.37 bits per heavy atom. The van der Waals surface area contributed by atoms with Crippen LogP contribution in [0.3, 0.4) is 0 Å². The molecule has 108 valence electrons. The van der Waals surface area contributed by atoms with Crippen LogP contribution in [0.4, 0.5) is 0 Å². The molecule has 0 saturated heterocycles. The van der Waals surface area contributed by atoms with Gasteiger partial charge >= 0.3 is 0 Å². The fourth-order valence-electron chi connectivity index (χ4n) is 1.33. The molecule has 0 aliphatic heterocycles. The van der Waals surface area contributed by atoms with Crippen LogP contribution in [0, 0.1) is 0 Å². The van der Waals surface area contributed by atoms with Crippen molar-refractivity contribution in [2.24, 2.45) is 0 Å². The zero-order valence-corrected chi connectivity index (χ0v) is 13.7. The molecule has 7 heteroatoms. The molecule has 0 heterocycles. The predicted octanol–water partition coefficient (Wildman–Crippen LogP) is 2.49. The first-order valence-electron chi connectivity index (χ1n) is 5.58. The van der Waals surface area contributed by atoms with Crippen molar-refractivity contribution in [1.29, 1.82) is 0 Å². The summed E-state index contributed by atoms with van der Waals surface area (Å²) in [6, 6.07) is 5.19. The summed E-state index contributed by atoms with van der Waals surface area (Å²) >= 11 is 9.27. The maximum absolute atomic E-state index is 11.8. The van der Waals surface area contributed by atoms with E-state index in [9.17, 15) is 4.79 Å². The van der Waals surface area contributed by atoms with Crippen LogP contribution in [0.1, 0.15) is 10.4 Å². The summed E-state index contributed by atoms with van der Waals surface area (Å²) in [6.45, 7) is 2.67. The largest absolute Gasteiger partial charge is 0.383 e. The molecule has 0 fully saturated rings. The van der Waals surface area contributed by atoms with E-state index in [1.54, 1.807) is 25.3 Å². The Bertz CT molecular complexity index is 405. The number of amides is 1. The lowest BCUT2D eigenvalue weighted by molar-refractivity contribution is 0.0954. The summed E-state index contributed by atoms with van der Waals surface area (Å²) < 4.78 is 5.72. The molecule has 0 aliphatic rings. The second-order valence-electron chi connectivity index (χ2n) is 3.62. The first-order valence-corrected chi connectivity index (χ1v) is 6.75. The molecular weight excluding hydrogens is 355 g/mol. The van der Waals surface area contributed by atoms with Crippen molar-refractivity contribution in [3.05, 3.63) is 33.3 Å². The van der Waals surface area contributed by atoms with Gasteiger partial charge in [0, 0.05) is 31.2 Å². The van der Waals surface area contributed by atoms with Crippen LogP contribution in [0.2, 0.25) is 5.02 Å². The molecular formula is C12H17BrCl2N2O2. The number of halogens is 3. The Balaban J connectivity index is 0.00000324. The van der Waals surface area contributed by atoms with Crippen LogP contribution < -0.4 is 10.6 Å². The minimum absolute atomic E-state index is 0. The Morgan fingerprint density at radius 3 is 2.79 bits per heavy atom. The van der Waals surface area contributed by atoms with E-state index < -0.39 is 0 Å². The van der Waals surface area contributed by atoms with Crippen LogP contribution in [0.25, 0.3) is 0 Å². The van der Waals surface area contributed by atoms with Crippen molar-refractivity contribution in [1.82, 2.24) is 10.6 Å². The van der Waals surface area contributed by atoms with Crippen LogP contribution in [-0.2, 0) is 4.74 Å². The quantitative estimate of drug-likeness (QED) is 0.724. The third-order valence-corrected chi connectivity index (χ3v) is 3.07. The molecule has 0 bridgehead atoms. The lowest BCUT2D eigenvalue weighted by Crippen LogP contribution is -2.33. The van der Waals surface area contributed by atoms with Crippen LogP contribution >= 0.6 is 39.9 Å². The summed E-state index contributed by atoms with van der Waals surface area (Å²) in [5.74, 6) is -0.171. The number of benzene rings is 1. The Kier molecular flexibility index (Phi) is 10.3. The standard InChI is InChI=1S/C12H16BrClN2O2.ClH/c1-18-7-6-15-4-5-16-12(17)10-8-9(13)2-3-11(10)14;/h2-3,8,15H,4-7H2,1H3,(H,16,17);1H. The molecule has 4 nitrogen and oxygen atoms in total. The SMILES string of the molecule is COCCNCCNC(=O)c1cc(Br)ccc1Cl.Cl. The zero-order chi connectivity index (χ0) is 13.4. The summed E-state index contributed by atoms with van der Waals surface area (Å²) in [7, 11) is 1.65. The third-order valence-electron chi connectivity index (χ3n) is 2.24. The van der Waals surface area contributed by atoms with Gasteiger partial charge in [0.1, 0.15) is 0 Å². The van der Waals surface area contributed by atoms with Crippen molar-refractivity contribution >= 4 is 45.8 Å². The second-order valence-corrected chi connectivity index (χ2v) is 4.95. The summed E-state index contributed by atoms with van der Waals surface area (Å²) in [5.41, 5.74) is 0.475. The molecule has 19 heavy (non-hydrogen) atoms.